The van der Waals surface area contributed by atoms with Gasteiger partial charge in [-0.1, -0.05) is 11.6 Å². The van der Waals surface area contributed by atoms with Crippen LogP contribution >= 0.6 is 11.6 Å². The fourth-order valence-electron chi connectivity index (χ4n) is 1.67. The van der Waals surface area contributed by atoms with Gasteiger partial charge >= 0.3 is 0 Å². The molecule has 5 nitrogen and oxygen atoms in total. The molecule has 1 aromatic heterocycles. The first kappa shape index (κ1) is 12.3. The molecule has 1 saturated carbocycles. The number of halogens is 1. The Bertz CT molecular complexity index is 413. The van der Waals surface area contributed by atoms with Gasteiger partial charge in [0.2, 0.25) is 11.9 Å². The van der Waals surface area contributed by atoms with E-state index in [0.29, 0.717) is 23.2 Å². The van der Waals surface area contributed by atoms with E-state index in [-0.39, 0.29) is 17.9 Å². The Morgan fingerprint density at radius 1 is 1.65 bits per heavy atom. The fourth-order valence-corrected chi connectivity index (χ4v) is 1.90. The first-order chi connectivity index (χ1) is 8.04. The van der Waals surface area contributed by atoms with Crippen molar-refractivity contribution < 1.29 is 4.79 Å². The van der Waals surface area contributed by atoms with Crippen molar-refractivity contribution >= 4 is 23.5 Å². The zero-order valence-electron chi connectivity index (χ0n) is 9.61. The Morgan fingerprint density at radius 2 is 2.35 bits per heavy atom. The molecule has 1 heterocycles. The van der Waals surface area contributed by atoms with E-state index in [4.69, 9.17) is 17.3 Å². The number of aromatic nitrogens is 2. The Balaban J connectivity index is 1.92. The van der Waals surface area contributed by atoms with E-state index >= 15 is 0 Å². The minimum absolute atomic E-state index is 0.0599. The minimum atomic E-state index is -0.161. The van der Waals surface area contributed by atoms with Crippen molar-refractivity contribution in [3.63, 3.8) is 0 Å². The summed E-state index contributed by atoms with van der Waals surface area (Å²) in [5.41, 5.74) is 6.58. The molecule has 0 spiro atoms. The fraction of sp³-hybridized carbons (Fsp3) is 0.545. The van der Waals surface area contributed by atoms with Crippen LogP contribution in [0, 0.1) is 12.8 Å². The zero-order chi connectivity index (χ0) is 12.4. The third-order valence-electron chi connectivity index (χ3n) is 2.72. The molecule has 6 heteroatoms. The van der Waals surface area contributed by atoms with Gasteiger partial charge in [-0.05, 0) is 31.7 Å². The highest BCUT2D eigenvalue weighted by molar-refractivity contribution is 6.29. The second-order valence-corrected chi connectivity index (χ2v) is 4.80. The van der Waals surface area contributed by atoms with Crippen LogP contribution in [-0.4, -0.2) is 21.9 Å². The maximum absolute atomic E-state index is 11.7. The van der Waals surface area contributed by atoms with E-state index in [9.17, 15) is 4.79 Å². The zero-order valence-corrected chi connectivity index (χ0v) is 10.4. The molecule has 1 atom stereocenters. The molecule has 1 aliphatic rings. The van der Waals surface area contributed by atoms with Crippen LogP contribution in [-0.2, 0) is 4.79 Å². The van der Waals surface area contributed by atoms with Crippen LogP contribution in [0.2, 0.25) is 5.15 Å². The van der Waals surface area contributed by atoms with E-state index in [0.717, 1.165) is 12.8 Å². The van der Waals surface area contributed by atoms with Gasteiger partial charge in [0.25, 0.3) is 0 Å². The van der Waals surface area contributed by atoms with Crippen LogP contribution in [0.4, 0.5) is 5.95 Å². The summed E-state index contributed by atoms with van der Waals surface area (Å²) in [4.78, 5) is 19.7. The molecular formula is C11H15ClN4O. The quantitative estimate of drug-likeness (QED) is 0.798. The summed E-state index contributed by atoms with van der Waals surface area (Å²) < 4.78 is 0. The molecule has 1 amide bonds. The predicted molar refractivity (Wildman–Crippen MR) is 65.7 cm³/mol. The Morgan fingerprint density at radius 3 is 2.94 bits per heavy atom. The highest BCUT2D eigenvalue weighted by atomic mass is 35.5. The SMILES string of the molecule is Cc1cc(Cl)nc(NC(=O)CC(N)C2CC2)n1. The number of carbonyl (C=O) groups excluding carboxylic acids is 1. The largest absolute Gasteiger partial charge is 0.327 e. The van der Waals surface area contributed by atoms with Gasteiger partial charge in [-0.3, -0.25) is 10.1 Å². The molecule has 0 bridgehead atoms. The number of carbonyl (C=O) groups is 1. The molecule has 1 aliphatic carbocycles. The summed E-state index contributed by atoms with van der Waals surface area (Å²) >= 11 is 5.77. The lowest BCUT2D eigenvalue weighted by molar-refractivity contribution is -0.116. The smallest absolute Gasteiger partial charge is 0.231 e. The lowest BCUT2D eigenvalue weighted by atomic mass is 10.1. The molecule has 3 N–H and O–H groups in total. The van der Waals surface area contributed by atoms with E-state index < -0.39 is 0 Å². The van der Waals surface area contributed by atoms with E-state index in [1.807, 2.05) is 0 Å². The van der Waals surface area contributed by atoms with E-state index in [1.54, 1.807) is 13.0 Å². The van der Waals surface area contributed by atoms with Crippen LogP contribution in [0.1, 0.15) is 25.0 Å². The molecule has 1 aromatic rings. The molecule has 92 valence electrons. The monoisotopic (exact) mass is 254 g/mol. The average molecular weight is 255 g/mol. The van der Waals surface area contributed by atoms with Crippen LogP contribution in [0.15, 0.2) is 6.07 Å². The number of anilines is 1. The molecule has 0 aromatic carbocycles. The lowest BCUT2D eigenvalue weighted by Crippen LogP contribution is -2.29. The Hall–Kier alpha value is -1.20. The van der Waals surface area contributed by atoms with Gasteiger partial charge in [-0.2, -0.15) is 0 Å². The van der Waals surface area contributed by atoms with E-state index in [1.165, 1.54) is 0 Å². The topological polar surface area (TPSA) is 80.9 Å². The highest BCUT2D eigenvalue weighted by Gasteiger charge is 2.29. The summed E-state index contributed by atoms with van der Waals surface area (Å²) in [5.74, 6) is 0.580. The van der Waals surface area contributed by atoms with Crippen LogP contribution in [0.5, 0.6) is 0 Å². The minimum Gasteiger partial charge on any atom is -0.327 e. The van der Waals surface area contributed by atoms with Gasteiger partial charge < -0.3 is 5.73 Å². The molecule has 0 radical (unpaired) electrons. The van der Waals surface area contributed by atoms with Gasteiger partial charge in [0.15, 0.2) is 0 Å². The van der Waals surface area contributed by atoms with Crippen molar-refractivity contribution in [3.8, 4) is 0 Å². The molecule has 17 heavy (non-hydrogen) atoms. The van der Waals surface area contributed by atoms with Crippen molar-refractivity contribution in [1.82, 2.24) is 9.97 Å². The number of aryl methyl sites for hydroxylation is 1. The van der Waals surface area contributed by atoms with Gasteiger partial charge in [0.1, 0.15) is 5.15 Å². The van der Waals surface area contributed by atoms with Gasteiger partial charge in [-0.25, -0.2) is 9.97 Å². The van der Waals surface area contributed by atoms with Crippen LogP contribution < -0.4 is 11.1 Å². The molecule has 1 fully saturated rings. The third-order valence-corrected chi connectivity index (χ3v) is 2.92. The summed E-state index contributed by atoms with van der Waals surface area (Å²) in [6, 6.07) is 1.57. The first-order valence-corrected chi connectivity index (χ1v) is 5.99. The Labute approximate surface area is 105 Å². The first-order valence-electron chi connectivity index (χ1n) is 5.61. The van der Waals surface area contributed by atoms with E-state index in [2.05, 4.69) is 15.3 Å². The second-order valence-electron chi connectivity index (χ2n) is 4.41. The lowest BCUT2D eigenvalue weighted by Gasteiger charge is -2.09. The summed E-state index contributed by atoms with van der Waals surface area (Å²) in [6.07, 6.45) is 2.56. The normalized spacial score (nSPS) is 16.6. The maximum atomic E-state index is 11.7. The van der Waals surface area contributed by atoms with Crippen molar-refractivity contribution in [2.24, 2.45) is 11.7 Å². The van der Waals surface area contributed by atoms with Gasteiger partial charge in [0.05, 0.1) is 0 Å². The molecule has 0 aliphatic heterocycles. The number of nitrogens with two attached hydrogens (primary N) is 1. The van der Waals surface area contributed by atoms with Crippen molar-refractivity contribution in [3.05, 3.63) is 16.9 Å². The van der Waals surface area contributed by atoms with Crippen LogP contribution in [0.25, 0.3) is 0 Å². The molecular weight excluding hydrogens is 240 g/mol. The number of nitrogens with zero attached hydrogens (tertiary/aromatic N) is 2. The number of nitrogens with one attached hydrogen (secondary N) is 1. The standard InChI is InChI=1S/C11H15ClN4O/c1-6-4-9(12)15-11(14-6)16-10(17)5-8(13)7-2-3-7/h4,7-8H,2-3,5,13H2,1H3,(H,14,15,16,17). The number of hydrogen-bond acceptors (Lipinski definition) is 4. The third kappa shape index (κ3) is 3.64. The van der Waals surface area contributed by atoms with Crippen molar-refractivity contribution in [1.29, 1.82) is 0 Å². The number of amides is 1. The molecule has 1 unspecified atom stereocenters. The van der Waals surface area contributed by atoms with Gasteiger partial charge in [0, 0.05) is 18.2 Å². The summed E-state index contributed by atoms with van der Waals surface area (Å²) in [6.45, 7) is 1.79. The van der Waals surface area contributed by atoms with Crippen molar-refractivity contribution in [2.45, 2.75) is 32.2 Å². The molecule has 0 saturated heterocycles. The number of hydrogen-bond donors (Lipinski definition) is 2. The summed E-state index contributed by atoms with van der Waals surface area (Å²) in [7, 11) is 0. The van der Waals surface area contributed by atoms with Gasteiger partial charge in [-0.15, -0.1) is 0 Å². The second kappa shape index (κ2) is 4.98. The maximum Gasteiger partial charge on any atom is 0.231 e. The number of rotatable bonds is 4. The predicted octanol–water partition coefficient (Wildman–Crippen LogP) is 1.50. The Kier molecular flexibility index (Phi) is 3.59. The average Bonchev–Trinajstić information content (AvgIpc) is 2.97. The van der Waals surface area contributed by atoms with Crippen molar-refractivity contribution in [2.75, 3.05) is 5.32 Å². The highest BCUT2D eigenvalue weighted by Crippen LogP contribution is 2.32. The summed E-state index contributed by atoms with van der Waals surface area (Å²) in [5, 5.41) is 2.93. The molecule has 2 rings (SSSR count). The van der Waals surface area contributed by atoms with Crippen LogP contribution in [0.3, 0.4) is 0 Å².